The lowest BCUT2D eigenvalue weighted by molar-refractivity contribution is -0.129. The Morgan fingerprint density at radius 1 is 0.886 bits per heavy atom. The second-order valence-electron chi connectivity index (χ2n) is 8.54. The summed E-state index contributed by atoms with van der Waals surface area (Å²) in [6.45, 7) is 3.35. The van der Waals surface area contributed by atoms with Crippen LogP contribution in [0, 0.1) is 0 Å². The highest BCUT2D eigenvalue weighted by atomic mass is 16.5. The minimum Gasteiger partial charge on any atom is -0.489 e. The average molecular weight is 474 g/mol. The fourth-order valence-corrected chi connectivity index (χ4v) is 3.72. The minimum absolute atomic E-state index is 0.131. The van der Waals surface area contributed by atoms with E-state index in [2.05, 4.69) is 17.6 Å². The zero-order valence-corrected chi connectivity index (χ0v) is 20.3. The summed E-state index contributed by atoms with van der Waals surface area (Å²) in [5, 5.41) is 5.87. The van der Waals surface area contributed by atoms with E-state index in [0.717, 1.165) is 36.0 Å². The van der Waals surface area contributed by atoms with Crippen molar-refractivity contribution in [1.82, 2.24) is 10.6 Å². The van der Waals surface area contributed by atoms with Crippen molar-refractivity contribution in [2.24, 2.45) is 5.73 Å². The van der Waals surface area contributed by atoms with Gasteiger partial charge in [0.2, 0.25) is 11.8 Å². The van der Waals surface area contributed by atoms with Gasteiger partial charge in [-0.15, -0.1) is 0 Å². The highest BCUT2D eigenvalue weighted by molar-refractivity contribution is 5.88. The number of unbranched alkanes of at least 4 members (excludes halogenated alkanes) is 2. The Kier molecular flexibility index (Phi) is 10.3. The summed E-state index contributed by atoms with van der Waals surface area (Å²) in [7, 11) is 0. The first-order valence-electron chi connectivity index (χ1n) is 12.2. The Morgan fingerprint density at radius 2 is 1.60 bits per heavy atom. The van der Waals surface area contributed by atoms with Gasteiger partial charge in [0.1, 0.15) is 18.4 Å². The Balaban J connectivity index is 1.67. The molecule has 3 rings (SSSR count). The van der Waals surface area contributed by atoms with Gasteiger partial charge in [0.05, 0.1) is 0 Å². The van der Waals surface area contributed by atoms with Crippen molar-refractivity contribution in [2.45, 2.75) is 58.3 Å². The van der Waals surface area contributed by atoms with Crippen LogP contribution in [-0.2, 0) is 29.3 Å². The second kappa shape index (κ2) is 13.9. The molecule has 0 aliphatic rings. The third-order valence-electron chi connectivity index (χ3n) is 5.73. The van der Waals surface area contributed by atoms with Gasteiger partial charge in [-0.2, -0.15) is 0 Å². The zero-order chi connectivity index (χ0) is 24.9. The number of ether oxygens (including phenoxy) is 1. The highest BCUT2D eigenvalue weighted by Crippen LogP contribution is 2.20. The predicted molar refractivity (Wildman–Crippen MR) is 138 cm³/mol. The van der Waals surface area contributed by atoms with Gasteiger partial charge in [-0.3, -0.25) is 9.59 Å². The predicted octanol–water partition coefficient (Wildman–Crippen LogP) is 4.78. The van der Waals surface area contributed by atoms with Gasteiger partial charge in [0.25, 0.3) is 0 Å². The Hall–Kier alpha value is -3.64. The first kappa shape index (κ1) is 26.0. The molecule has 0 aliphatic heterocycles. The molecule has 0 radical (unpaired) electrons. The van der Waals surface area contributed by atoms with Gasteiger partial charge >= 0.3 is 0 Å². The summed E-state index contributed by atoms with van der Waals surface area (Å²) in [6.07, 6.45) is 3.21. The molecule has 1 atom stereocenters. The van der Waals surface area contributed by atoms with Crippen LogP contribution < -0.4 is 21.1 Å². The number of carbonyl (C=O) groups is 2. The monoisotopic (exact) mass is 473 g/mol. The van der Waals surface area contributed by atoms with Gasteiger partial charge in [0, 0.05) is 19.5 Å². The minimum atomic E-state index is -0.787. The summed E-state index contributed by atoms with van der Waals surface area (Å²) in [4.78, 5) is 25.7. The van der Waals surface area contributed by atoms with Crippen molar-refractivity contribution in [3.63, 3.8) is 0 Å². The molecule has 3 aromatic rings. The van der Waals surface area contributed by atoms with E-state index in [1.807, 2.05) is 78.9 Å². The maximum Gasteiger partial charge on any atom is 0.247 e. The maximum atomic E-state index is 13.2. The number of hydrogen-bond acceptors (Lipinski definition) is 4. The van der Waals surface area contributed by atoms with Crippen LogP contribution in [0.2, 0.25) is 0 Å². The summed E-state index contributed by atoms with van der Waals surface area (Å²) < 4.78 is 5.86. The number of rotatable bonds is 13. The SMILES string of the molecule is CCCCCC(=O)N[C@H](C(=O)NCc1cccc(CN)c1)c1ccc(OCc2ccccc2)cc1. The molecule has 4 N–H and O–H groups in total. The normalized spacial score (nSPS) is 11.5. The molecule has 0 spiro atoms. The van der Waals surface area contributed by atoms with Crippen LogP contribution in [0.1, 0.15) is 60.9 Å². The molecule has 0 saturated heterocycles. The van der Waals surface area contributed by atoms with Crippen LogP contribution in [0.3, 0.4) is 0 Å². The van der Waals surface area contributed by atoms with Crippen LogP contribution in [0.15, 0.2) is 78.9 Å². The summed E-state index contributed by atoms with van der Waals surface area (Å²) in [5.74, 6) is 0.308. The van der Waals surface area contributed by atoms with Crippen molar-refractivity contribution >= 4 is 11.8 Å². The molecule has 184 valence electrons. The van der Waals surface area contributed by atoms with Crippen molar-refractivity contribution in [2.75, 3.05) is 0 Å². The van der Waals surface area contributed by atoms with E-state index in [0.29, 0.717) is 37.4 Å². The van der Waals surface area contributed by atoms with Gasteiger partial charge in [-0.25, -0.2) is 0 Å². The van der Waals surface area contributed by atoms with Crippen molar-refractivity contribution in [3.8, 4) is 5.75 Å². The highest BCUT2D eigenvalue weighted by Gasteiger charge is 2.22. The van der Waals surface area contributed by atoms with E-state index in [4.69, 9.17) is 10.5 Å². The third-order valence-corrected chi connectivity index (χ3v) is 5.73. The summed E-state index contributed by atoms with van der Waals surface area (Å²) in [5.41, 5.74) is 9.46. The smallest absolute Gasteiger partial charge is 0.247 e. The molecule has 0 fully saturated rings. The number of amides is 2. The van der Waals surface area contributed by atoms with E-state index in [1.165, 1.54) is 0 Å². The Bertz CT molecular complexity index is 1070. The van der Waals surface area contributed by atoms with E-state index < -0.39 is 6.04 Å². The lowest BCUT2D eigenvalue weighted by Gasteiger charge is -2.20. The van der Waals surface area contributed by atoms with E-state index in [1.54, 1.807) is 0 Å². The molecule has 0 unspecified atom stereocenters. The third kappa shape index (κ3) is 8.58. The van der Waals surface area contributed by atoms with Gasteiger partial charge in [0.15, 0.2) is 0 Å². The molecule has 0 aromatic heterocycles. The fraction of sp³-hybridized carbons (Fsp3) is 0.310. The van der Waals surface area contributed by atoms with E-state index in [-0.39, 0.29) is 11.8 Å². The Morgan fingerprint density at radius 3 is 2.31 bits per heavy atom. The van der Waals surface area contributed by atoms with Crippen LogP contribution in [-0.4, -0.2) is 11.8 Å². The molecule has 0 saturated carbocycles. The van der Waals surface area contributed by atoms with Gasteiger partial charge < -0.3 is 21.1 Å². The molecular formula is C29H35N3O3. The first-order chi connectivity index (χ1) is 17.1. The molecule has 2 amide bonds. The number of carbonyl (C=O) groups excluding carboxylic acids is 2. The second-order valence-corrected chi connectivity index (χ2v) is 8.54. The molecule has 6 heteroatoms. The van der Waals surface area contributed by atoms with Gasteiger partial charge in [-0.1, -0.05) is 86.5 Å². The first-order valence-corrected chi connectivity index (χ1v) is 12.2. The summed E-state index contributed by atoms with van der Waals surface area (Å²) in [6, 6.07) is 24.2. The average Bonchev–Trinajstić information content (AvgIpc) is 2.90. The van der Waals surface area contributed by atoms with Crippen molar-refractivity contribution in [3.05, 3.63) is 101 Å². The van der Waals surface area contributed by atoms with Crippen LogP contribution in [0.4, 0.5) is 0 Å². The Labute approximate surface area is 207 Å². The largest absolute Gasteiger partial charge is 0.489 e. The molecule has 0 aliphatic carbocycles. The topological polar surface area (TPSA) is 93.5 Å². The molecule has 0 bridgehead atoms. The number of nitrogens with one attached hydrogen (secondary N) is 2. The van der Waals surface area contributed by atoms with E-state index >= 15 is 0 Å². The van der Waals surface area contributed by atoms with Crippen LogP contribution in [0.5, 0.6) is 5.75 Å². The quantitative estimate of drug-likeness (QED) is 0.312. The van der Waals surface area contributed by atoms with E-state index in [9.17, 15) is 9.59 Å². The van der Waals surface area contributed by atoms with Crippen molar-refractivity contribution < 1.29 is 14.3 Å². The standard InChI is InChI=1S/C29H35N3O3/c1-2-3-5-13-27(33)32-28(29(34)31-20-24-12-8-11-23(18-24)19-30)25-14-16-26(17-15-25)35-21-22-9-6-4-7-10-22/h4,6-12,14-18,28H,2-3,5,13,19-21,30H2,1H3,(H,31,34)(H,32,33)/t28-/m0/s1. The van der Waals surface area contributed by atoms with Crippen LogP contribution in [0.25, 0.3) is 0 Å². The number of benzene rings is 3. The molecule has 35 heavy (non-hydrogen) atoms. The molecule has 3 aromatic carbocycles. The van der Waals surface area contributed by atoms with Crippen molar-refractivity contribution in [1.29, 1.82) is 0 Å². The lowest BCUT2D eigenvalue weighted by atomic mass is 10.0. The lowest BCUT2D eigenvalue weighted by Crippen LogP contribution is -2.40. The molecule has 0 heterocycles. The van der Waals surface area contributed by atoms with Crippen LogP contribution >= 0.6 is 0 Å². The fourth-order valence-electron chi connectivity index (χ4n) is 3.72. The number of hydrogen-bond donors (Lipinski definition) is 3. The maximum absolute atomic E-state index is 13.2. The van der Waals surface area contributed by atoms with Gasteiger partial charge in [-0.05, 0) is 40.8 Å². The molecular weight excluding hydrogens is 438 g/mol. The zero-order valence-electron chi connectivity index (χ0n) is 20.3. The summed E-state index contributed by atoms with van der Waals surface area (Å²) >= 11 is 0. The number of nitrogens with two attached hydrogens (primary N) is 1. The molecule has 6 nitrogen and oxygen atoms in total.